The summed E-state index contributed by atoms with van der Waals surface area (Å²) in [7, 11) is 0. The van der Waals surface area contributed by atoms with Gasteiger partial charge in [-0.2, -0.15) is 0 Å². The molecule has 632 valence electrons. The average molecular weight is 1670 g/mol. The third-order valence-electron chi connectivity index (χ3n) is 22.2. The van der Waals surface area contributed by atoms with Gasteiger partial charge >= 0.3 is 24.0 Å². The lowest BCUT2D eigenvalue weighted by molar-refractivity contribution is -0.147. The van der Waals surface area contributed by atoms with Gasteiger partial charge in [-0.05, 0) is 222 Å². The number of carbonyl (C=O) groups excluding carboxylic acids is 7. The van der Waals surface area contributed by atoms with Gasteiger partial charge in [-0.25, -0.2) is 9.59 Å². The molecule has 10 atom stereocenters. The van der Waals surface area contributed by atoms with Crippen LogP contribution in [0.4, 0.5) is 4.79 Å². The van der Waals surface area contributed by atoms with Gasteiger partial charge in [0.1, 0.15) is 35.2 Å². The van der Waals surface area contributed by atoms with Gasteiger partial charge in [0.25, 0.3) is 17.7 Å². The number of carboxylic acid groups (broad SMARTS) is 2. The molecule has 3 heterocycles. The van der Waals surface area contributed by atoms with Crippen LogP contribution in [-0.4, -0.2) is 158 Å². The molecule has 11 N–H and O–H groups in total. The zero-order valence-electron chi connectivity index (χ0n) is 69.8. The summed E-state index contributed by atoms with van der Waals surface area (Å²) in [4.78, 5) is 115. The Morgan fingerprint density at radius 3 is 1.52 bits per heavy atom. The van der Waals surface area contributed by atoms with Crippen molar-refractivity contribution in [3.8, 4) is 11.5 Å². The number of nitrogens with zero attached hydrogens (tertiary/aromatic N) is 2. The molecule has 13 rings (SSSR count). The molecule has 6 amide bonds. The van der Waals surface area contributed by atoms with E-state index in [1.807, 2.05) is 118 Å². The Morgan fingerprint density at radius 2 is 1.02 bits per heavy atom. The molecule has 6 aliphatic rings. The van der Waals surface area contributed by atoms with Gasteiger partial charge in [0, 0.05) is 61.4 Å². The minimum atomic E-state index is -1.61. The van der Waals surface area contributed by atoms with E-state index in [1.54, 1.807) is 71.9 Å². The lowest BCUT2D eigenvalue weighted by Crippen LogP contribution is -2.59. The Morgan fingerprint density at radius 1 is 0.559 bits per heavy atom. The lowest BCUT2D eigenvalue weighted by atomic mass is 9.87. The van der Waals surface area contributed by atoms with E-state index in [9.17, 15) is 63.6 Å². The Kier molecular flexibility index (Phi) is 32.3. The summed E-state index contributed by atoms with van der Waals surface area (Å²) in [6.07, 6.45) is 8.10. The maximum Gasteiger partial charge on any atom is 0.411 e. The Bertz CT molecular complexity index is 4670. The number of amides is 6. The predicted octanol–water partition coefficient (Wildman–Crippen LogP) is 14.1. The van der Waals surface area contributed by atoms with Crippen molar-refractivity contribution in [3.63, 3.8) is 0 Å². The van der Waals surface area contributed by atoms with E-state index in [1.165, 1.54) is 87.0 Å². The highest BCUT2D eigenvalue weighted by molar-refractivity contribution is 8.01. The Balaban J connectivity index is 0.000000181. The van der Waals surface area contributed by atoms with Crippen molar-refractivity contribution in [3.05, 3.63) is 237 Å². The maximum absolute atomic E-state index is 14.0. The molecule has 0 spiro atoms. The minimum Gasteiger partial charge on any atom is -0.508 e. The summed E-state index contributed by atoms with van der Waals surface area (Å²) in [6, 6.07) is 50.3. The van der Waals surface area contributed by atoms with Crippen LogP contribution in [0.5, 0.6) is 11.5 Å². The number of rotatable bonds is 18. The number of benzene rings is 7. The molecule has 3 saturated heterocycles. The molecule has 26 heteroatoms. The van der Waals surface area contributed by atoms with Crippen LogP contribution >= 0.6 is 35.3 Å². The molecule has 1 unspecified atom stereocenters. The van der Waals surface area contributed by atoms with Crippen molar-refractivity contribution >= 4 is 88.8 Å². The second-order valence-corrected chi connectivity index (χ2v) is 38.1. The lowest BCUT2D eigenvalue weighted by Gasteiger charge is -2.35. The van der Waals surface area contributed by atoms with Crippen molar-refractivity contribution in [1.82, 2.24) is 36.4 Å². The fraction of sp³-hybridized carbons (Fsp3) is 0.446. The van der Waals surface area contributed by atoms with Crippen LogP contribution in [0.2, 0.25) is 0 Å². The number of hydrogen-bond acceptors (Lipinski definition) is 18. The van der Waals surface area contributed by atoms with Gasteiger partial charge in [0.15, 0.2) is 6.10 Å². The molecule has 3 aliphatic heterocycles. The van der Waals surface area contributed by atoms with E-state index < -0.39 is 93.0 Å². The maximum atomic E-state index is 14.0. The topological polar surface area (TPSA) is 346 Å². The van der Waals surface area contributed by atoms with Crippen LogP contribution < -0.4 is 37.1 Å². The number of ether oxygens (including phenoxy) is 2. The SMILES string of the molecule is CC(=O)Oc1cccc(C(=O)N[C@@H](Cc2ccccc2)[C@H](C)C(=O)O)c1C.CC(C)(C)OC(=O)N1CSC(C)(C)C1C(=O)O.CC1(C)SCN[C@@H]1C(=O)N[C@H]1CCCc2ccccc21.Cc1c(O)cccc1C(=O)N[C@@H](Cc1ccccc1)[C@H](O)C(=O)N1CSC(C)(C)[C@H]1C(=O)N[C@H]1CCCc2ccccc21.N[C@H]1CCCc2ccccc21. The van der Waals surface area contributed by atoms with E-state index in [0.717, 1.165) is 67.5 Å². The number of aryl methyl sites for hydroxylation is 3. The largest absolute Gasteiger partial charge is 0.508 e. The number of fused-ring (bicyclic) bond motifs is 3. The zero-order valence-corrected chi connectivity index (χ0v) is 72.3. The van der Waals surface area contributed by atoms with Crippen molar-refractivity contribution in [2.45, 2.75) is 235 Å². The van der Waals surface area contributed by atoms with Crippen molar-refractivity contribution in [2.24, 2.45) is 11.7 Å². The van der Waals surface area contributed by atoms with E-state index in [0.29, 0.717) is 40.8 Å². The number of aliphatic hydroxyl groups is 1. The molecule has 118 heavy (non-hydrogen) atoms. The zero-order chi connectivity index (χ0) is 86.0. The van der Waals surface area contributed by atoms with E-state index in [-0.39, 0.29) is 58.3 Å². The number of esters is 1. The number of carboxylic acids is 2. The van der Waals surface area contributed by atoms with Gasteiger partial charge in [-0.3, -0.25) is 43.8 Å². The highest BCUT2D eigenvalue weighted by atomic mass is 32.2. The van der Waals surface area contributed by atoms with Gasteiger partial charge < -0.3 is 61.8 Å². The quantitative estimate of drug-likeness (QED) is 0.0282. The number of aliphatic hydroxyl groups excluding tert-OH is 1. The number of thioether (sulfide) groups is 3. The number of aromatic hydroxyl groups is 1. The number of hydrogen-bond donors (Lipinski definition) is 10. The third-order valence-corrected chi connectivity index (χ3v) is 26.2. The number of nitrogens with two attached hydrogens (primary N) is 1. The summed E-state index contributed by atoms with van der Waals surface area (Å²) in [5.74, 6) is -3.15. The molecule has 23 nitrogen and oxygen atoms in total. The van der Waals surface area contributed by atoms with Crippen LogP contribution in [0.3, 0.4) is 0 Å². The van der Waals surface area contributed by atoms with E-state index in [2.05, 4.69) is 95.0 Å². The molecule has 0 aromatic heterocycles. The van der Waals surface area contributed by atoms with Crippen LogP contribution in [0.1, 0.15) is 209 Å². The van der Waals surface area contributed by atoms with Gasteiger partial charge in [-0.1, -0.05) is 146 Å². The average Bonchev–Trinajstić information content (AvgIpc) is 1.52. The first-order chi connectivity index (χ1) is 55.9. The summed E-state index contributed by atoms with van der Waals surface area (Å²) in [6.45, 7) is 23.2. The first kappa shape index (κ1) is 92.2. The third kappa shape index (κ3) is 24.5. The summed E-state index contributed by atoms with van der Waals surface area (Å²) < 4.78 is 9.20. The molecule has 3 fully saturated rings. The van der Waals surface area contributed by atoms with E-state index in [4.69, 9.17) is 15.2 Å². The smallest absolute Gasteiger partial charge is 0.411 e. The van der Waals surface area contributed by atoms with Crippen molar-refractivity contribution in [1.29, 1.82) is 0 Å². The number of phenolic OH excluding ortho intramolecular Hbond substituents is 1. The van der Waals surface area contributed by atoms with Gasteiger partial charge in [-0.15, -0.1) is 35.3 Å². The normalized spacial score (nSPS) is 20.6. The summed E-state index contributed by atoms with van der Waals surface area (Å²) in [5, 5.41) is 55.7. The van der Waals surface area contributed by atoms with Crippen LogP contribution in [0, 0.1) is 19.8 Å². The molecule has 0 saturated carbocycles. The molecular formula is C92H116N8O15S3. The number of aliphatic carboxylic acids is 2. The molecular weight excluding hydrogens is 1550 g/mol. The van der Waals surface area contributed by atoms with Crippen LogP contribution in [0.15, 0.2) is 170 Å². The first-order valence-corrected chi connectivity index (χ1v) is 43.3. The fourth-order valence-electron chi connectivity index (χ4n) is 15.6. The fourth-order valence-corrected chi connectivity index (χ4v) is 18.8. The molecule has 7 aromatic rings. The monoisotopic (exact) mass is 1670 g/mol. The second-order valence-electron chi connectivity index (χ2n) is 33.3. The summed E-state index contributed by atoms with van der Waals surface area (Å²) >= 11 is 4.74. The van der Waals surface area contributed by atoms with Crippen LogP contribution in [0.25, 0.3) is 0 Å². The van der Waals surface area contributed by atoms with Gasteiger partial charge in [0.2, 0.25) is 11.8 Å². The molecule has 3 aliphatic carbocycles. The number of carbonyl (C=O) groups is 9. The minimum absolute atomic E-state index is 0.0188. The standard InChI is InChI=1S/C34H39N3O5S.C21H23NO5.C16H22N2OS.C11H19NO4S.C10H13N/c1-21-24(16-10-18-28(21)38)31(40)36-27(19-22-11-5-4-6-12-22)29(39)33(42)37-20-43-34(2,3)30(37)32(41)35-26-17-9-14-23-13-7-8-15-25(23)26;1-13-17(10-7-11-19(13)27-15(3)23)20(24)22-18(14(2)21(25)26)12-16-8-5-4-6-9-16;1-16(2)14(17-10-20-16)15(19)18-13-9-5-7-11-6-3-4-8-12(11)13;1-10(2,3)16-9(15)12-6-17-11(4,5)7(12)8(13)14;11-10-7-3-5-8-4-1-2-6-9(8)10/h4-8,10-13,15-16,18,26-27,29-30,38-39H,9,14,17,19-20H2,1-3H3,(H,35,41)(H,36,40);4-11,14,18H,12H2,1-3H3,(H,22,24)(H,25,26);3-4,6,8,13-14,17H,5,7,9-10H2,1-2H3,(H,18,19);7H,6H2,1-5H3,(H,13,14);1-2,4,6,10H,3,5,7,11H2/t26-,27-,29-,30+;14-,18-;13-,14+;;10-/m000.0/s1. The predicted molar refractivity (Wildman–Crippen MR) is 464 cm³/mol. The van der Waals surface area contributed by atoms with Gasteiger partial charge in [0.05, 0.1) is 35.8 Å². The van der Waals surface area contributed by atoms with Crippen molar-refractivity contribution < 1.29 is 73.1 Å². The van der Waals surface area contributed by atoms with Crippen molar-refractivity contribution in [2.75, 3.05) is 17.6 Å². The number of nitrogens with one attached hydrogen (secondary N) is 5. The highest BCUT2D eigenvalue weighted by Gasteiger charge is 2.52. The Labute approximate surface area is 706 Å². The first-order valence-electron chi connectivity index (χ1n) is 40.3. The second kappa shape index (κ2) is 41.3. The summed E-state index contributed by atoms with van der Waals surface area (Å²) in [5.41, 5.74) is 16.4. The van der Waals surface area contributed by atoms with Crippen LogP contribution in [-0.2, 0) is 65.6 Å². The molecule has 7 aromatic carbocycles. The molecule has 0 bridgehead atoms. The number of phenols is 1. The highest BCUT2D eigenvalue weighted by Crippen LogP contribution is 2.43. The molecule has 0 radical (unpaired) electrons. The van der Waals surface area contributed by atoms with E-state index >= 15 is 0 Å². The Hall–Kier alpha value is -9.70.